The molecule has 0 atom stereocenters. The van der Waals surface area contributed by atoms with Crippen LogP contribution in [0.3, 0.4) is 0 Å². The van der Waals surface area contributed by atoms with Crippen molar-refractivity contribution in [1.29, 1.82) is 0 Å². The molecule has 0 radical (unpaired) electrons. The first-order valence-electron chi connectivity index (χ1n) is 11.0. The Kier molecular flexibility index (Phi) is 7.31. The second kappa shape index (κ2) is 10.7. The van der Waals surface area contributed by atoms with E-state index in [0.29, 0.717) is 13.2 Å². The molecule has 4 heterocycles. The number of anilines is 1. The maximum Gasteiger partial charge on any atom is 0.182 e. The van der Waals surface area contributed by atoms with Gasteiger partial charge in [0.15, 0.2) is 11.5 Å². The van der Waals surface area contributed by atoms with E-state index in [4.69, 9.17) is 9.47 Å². The van der Waals surface area contributed by atoms with Crippen LogP contribution in [0.5, 0.6) is 5.75 Å². The molecule has 1 aliphatic rings. The highest BCUT2D eigenvalue weighted by atomic mass is 16.5. The van der Waals surface area contributed by atoms with Crippen LogP contribution in [0.1, 0.15) is 18.5 Å². The van der Waals surface area contributed by atoms with Gasteiger partial charge in [-0.15, -0.1) is 0 Å². The number of para-hydroxylation sites is 1. The molecule has 2 N–H and O–H groups in total. The molecule has 0 unspecified atom stereocenters. The van der Waals surface area contributed by atoms with Gasteiger partial charge in [-0.2, -0.15) is 0 Å². The SMILES string of the molecule is C=C(NCCOC)c1cc(OC)c2ccccc2n1.c1nc(N2CCCC2)c2[nH]cnc2n1. The van der Waals surface area contributed by atoms with Gasteiger partial charge in [0, 0.05) is 38.2 Å². The number of fused-ring (bicyclic) bond motifs is 2. The number of methoxy groups -OCH3 is 2. The van der Waals surface area contributed by atoms with Crippen LogP contribution in [-0.4, -0.2) is 65.4 Å². The first-order valence-corrected chi connectivity index (χ1v) is 11.0. The third-order valence-corrected chi connectivity index (χ3v) is 5.46. The lowest BCUT2D eigenvalue weighted by Gasteiger charge is -2.15. The zero-order valence-electron chi connectivity index (χ0n) is 19.0. The summed E-state index contributed by atoms with van der Waals surface area (Å²) >= 11 is 0. The van der Waals surface area contributed by atoms with Crippen molar-refractivity contribution in [3.05, 3.63) is 55.3 Å². The van der Waals surface area contributed by atoms with Gasteiger partial charge in [-0.25, -0.2) is 19.9 Å². The lowest BCUT2D eigenvalue weighted by atomic mass is 10.1. The lowest BCUT2D eigenvalue weighted by molar-refractivity contribution is 0.203. The lowest BCUT2D eigenvalue weighted by Crippen LogP contribution is -2.19. The predicted octanol–water partition coefficient (Wildman–Crippen LogP) is 3.40. The smallest absolute Gasteiger partial charge is 0.182 e. The van der Waals surface area contributed by atoms with Gasteiger partial charge < -0.3 is 24.7 Å². The number of nitrogens with zero attached hydrogens (tertiary/aromatic N) is 5. The maximum atomic E-state index is 5.41. The van der Waals surface area contributed by atoms with Crippen LogP contribution in [0.25, 0.3) is 27.8 Å². The summed E-state index contributed by atoms with van der Waals surface area (Å²) in [5.41, 5.74) is 4.15. The molecule has 4 aromatic rings. The van der Waals surface area contributed by atoms with Crippen LogP contribution >= 0.6 is 0 Å². The molecule has 1 saturated heterocycles. The summed E-state index contributed by atoms with van der Waals surface area (Å²) in [5, 5.41) is 4.18. The van der Waals surface area contributed by atoms with Crippen molar-refractivity contribution in [3.8, 4) is 5.75 Å². The molecule has 33 heavy (non-hydrogen) atoms. The second-order valence-electron chi connectivity index (χ2n) is 7.62. The molecule has 9 nitrogen and oxygen atoms in total. The third kappa shape index (κ3) is 5.20. The fourth-order valence-corrected chi connectivity index (χ4v) is 3.78. The second-order valence-corrected chi connectivity index (χ2v) is 7.62. The zero-order chi connectivity index (χ0) is 23.0. The molecule has 0 aliphatic carbocycles. The summed E-state index contributed by atoms with van der Waals surface area (Å²) in [6, 6.07) is 9.78. The fourth-order valence-electron chi connectivity index (χ4n) is 3.78. The van der Waals surface area contributed by atoms with E-state index >= 15 is 0 Å². The quantitative estimate of drug-likeness (QED) is 0.416. The van der Waals surface area contributed by atoms with E-state index in [1.807, 2.05) is 30.3 Å². The Labute approximate surface area is 192 Å². The molecular weight excluding hydrogens is 418 g/mol. The summed E-state index contributed by atoms with van der Waals surface area (Å²) in [6.07, 6.45) is 5.75. The van der Waals surface area contributed by atoms with Crippen molar-refractivity contribution in [2.24, 2.45) is 0 Å². The Balaban J connectivity index is 0.000000163. The average molecular weight is 448 g/mol. The molecule has 0 amide bonds. The number of hydrogen-bond donors (Lipinski definition) is 2. The summed E-state index contributed by atoms with van der Waals surface area (Å²) in [7, 11) is 3.33. The Morgan fingerprint density at radius 1 is 1.15 bits per heavy atom. The molecule has 1 aromatic carbocycles. The van der Waals surface area contributed by atoms with E-state index in [-0.39, 0.29) is 0 Å². The standard InChI is InChI=1S/C15H18N2O2.C9H11N5/c1-11(16-8-9-18-2)14-10-15(19-3)12-6-4-5-7-13(12)17-14;1-2-4-14(3-1)9-7-8(11-5-10-7)12-6-13-9/h4-7,10,16H,1,8-9H2,2-3H3;5-6H,1-4H2,(H,10,11,12,13). The molecule has 172 valence electrons. The first kappa shape index (κ1) is 22.5. The number of benzene rings is 1. The fraction of sp³-hybridized carbons (Fsp3) is 0.333. The van der Waals surface area contributed by atoms with Crippen molar-refractivity contribution < 1.29 is 9.47 Å². The highest BCUT2D eigenvalue weighted by Crippen LogP contribution is 2.26. The molecule has 0 bridgehead atoms. The molecule has 9 heteroatoms. The number of ether oxygens (including phenoxy) is 2. The van der Waals surface area contributed by atoms with Gasteiger partial charge in [-0.05, 0) is 25.0 Å². The van der Waals surface area contributed by atoms with E-state index in [2.05, 4.69) is 41.7 Å². The number of rotatable bonds is 7. The number of aromatic nitrogens is 5. The van der Waals surface area contributed by atoms with Crippen LogP contribution in [0.2, 0.25) is 0 Å². The van der Waals surface area contributed by atoms with Gasteiger partial charge in [-0.1, -0.05) is 18.7 Å². The van der Waals surface area contributed by atoms with Gasteiger partial charge in [0.05, 0.1) is 37.0 Å². The van der Waals surface area contributed by atoms with Crippen LogP contribution < -0.4 is 15.0 Å². The monoisotopic (exact) mass is 447 g/mol. The summed E-state index contributed by atoms with van der Waals surface area (Å²) in [6.45, 7) is 7.50. The van der Waals surface area contributed by atoms with Crippen molar-refractivity contribution in [2.75, 3.05) is 45.4 Å². The summed E-state index contributed by atoms with van der Waals surface area (Å²) < 4.78 is 10.4. The maximum absolute atomic E-state index is 5.41. The molecule has 0 spiro atoms. The van der Waals surface area contributed by atoms with E-state index in [0.717, 1.165) is 58.1 Å². The minimum atomic E-state index is 0.629. The van der Waals surface area contributed by atoms with Crippen molar-refractivity contribution in [1.82, 2.24) is 30.2 Å². The van der Waals surface area contributed by atoms with Crippen molar-refractivity contribution in [2.45, 2.75) is 12.8 Å². The van der Waals surface area contributed by atoms with E-state index in [1.165, 1.54) is 12.8 Å². The molecule has 5 rings (SSSR count). The highest BCUT2D eigenvalue weighted by molar-refractivity contribution is 5.87. The molecule has 1 aliphatic heterocycles. The molecule has 1 fully saturated rings. The normalized spacial score (nSPS) is 13.1. The Morgan fingerprint density at radius 2 is 1.97 bits per heavy atom. The molecule has 3 aromatic heterocycles. The predicted molar refractivity (Wildman–Crippen MR) is 130 cm³/mol. The number of H-pyrrole nitrogens is 1. The van der Waals surface area contributed by atoms with Gasteiger partial charge in [0.25, 0.3) is 0 Å². The number of hydrogen-bond acceptors (Lipinski definition) is 8. The first-order chi connectivity index (χ1) is 16.2. The number of imidazole rings is 1. The minimum Gasteiger partial charge on any atom is -0.496 e. The average Bonchev–Trinajstić information content (AvgIpc) is 3.56. The van der Waals surface area contributed by atoms with E-state index in [1.54, 1.807) is 26.9 Å². The Morgan fingerprint density at radius 3 is 2.76 bits per heavy atom. The number of aromatic amines is 1. The van der Waals surface area contributed by atoms with Crippen LogP contribution in [-0.2, 0) is 4.74 Å². The molecule has 0 saturated carbocycles. The summed E-state index contributed by atoms with van der Waals surface area (Å²) in [4.78, 5) is 22.5. The minimum absolute atomic E-state index is 0.629. The van der Waals surface area contributed by atoms with E-state index in [9.17, 15) is 0 Å². The third-order valence-electron chi connectivity index (χ3n) is 5.46. The largest absolute Gasteiger partial charge is 0.496 e. The molecular formula is C24H29N7O2. The topological polar surface area (TPSA) is 101 Å². The van der Waals surface area contributed by atoms with Gasteiger partial charge in [0.1, 0.15) is 17.6 Å². The Hall–Kier alpha value is -3.72. The van der Waals surface area contributed by atoms with Crippen LogP contribution in [0, 0.1) is 0 Å². The van der Waals surface area contributed by atoms with Crippen molar-refractivity contribution >= 4 is 33.6 Å². The summed E-state index contributed by atoms with van der Waals surface area (Å²) in [5.74, 6) is 1.79. The van der Waals surface area contributed by atoms with Gasteiger partial charge >= 0.3 is 0 Å². The van der Waals surface area contributed by atoms with Crippen LogP contribution in [0.15, 0.2) is 49.6 Å². The van der Waals surface area contributed by atoms with E-state index < -0.39 is 0 Å². The Bertz CT molecular complexity index is 1220. The number of nitrogens with one attached hydrogen (secondary N) is 2. The number of pyridine rings is 1. The zero-order valence-corrected chi connectivity index (χ0v) is 19.0. The van der Waals surface area contributed by atoms with Crippen LogP contribution in [0.4, 0.5) is 5.82 Å². The van der Waals surface area contributed by atoms with Crippen molar-refractivity contribution in [3.63, 3.8) is 0 Å². The van der Waals surface area contributed by atoms with Gasteiger partial charge in [0.2, 0.25) is 0 Å². The highest BCUT2D eigenvalue weighted by Gasteiger charge is 2.17. The van der Waals surface area contributed by atoms with Gasteiger partial charge in [-0.3, -0.25) is 0 Å².